The van der Waals surface area contributed by atoms with Crippen molar-refractivity contribution in [2.75, 3.05) is 46.4 Å². The van der Waals surface area contributed by atoms with Gasteiger partial charge < -0.3 is 24.7 Å². The van der Waals surface area contributed by atoms with Crippen molar-refractivity contribution in [2.24, 2.45) is 0 Å². The van der Waals surface area contributed by atoms with E-state index in [1.807, 2.05) is 25.2 Å². The lowest BCUT2D eigenvalue weighted by atomic mass is 10.2. The maximum atomic E-state index is 10.3. The molecule has 1 saturated heterocycles. The molecule has 25 heavy (non-hydrogen) atoms. The first-order valence-electron chi connectivity index (χ1n) is 9.59. The van der Waals surface area contributed by atoms with Crippen LogP contribution in [0.15, 0.2) is 24.3 Å². The van der Waals surface area contributed by atoms with Crippen LogP contribution >= 0.6 is 0 Å². The van der Waals surface area contributed by atoms with Gasteiger partial charge in [-0.15, -0.1) is 0 Å². The molecule has 142 valence electrons. The Morgan fingerprint density at radius 1 is 1.20 bits per heavy atom. The minimum Gasteiger partial charge on any atom is -0.491 e. The number of aliphatic hydroxyl groups is 2. The molecule has 2 rings (SSSR count). The van der Waals surface area contributed by atoms with Crippen molar-refractivity contribution in [1.29, 1.82) is 0 Å². The number of rotatable bonds is 10. The topological polar surface area (TPSA) is 56.2 Å². The lowest BCUT2D eigenvalue weighted by molar-refractivity contribution is 0.0693. The van der Waals surface area contributed by atoms with Crippen LogP contribution in [-0.4, -0.2) is 72.6 Å². The van der Waals surface area contributed by atoms with Gasteiger partial charge >= 0.3 is 0 Å². The first kappa shape index (κ1) is 20.2. The van der Waals surface area contributed by atoms with E-state index in [1.165, 1.54) is 31.2 Å². The van der Waals surface area contributed by atoms with Gasteiger partial charge in [-0.25, -0.2) is 0 Å². The van der Waals surface area contributed by atoms with Crippen molar-refractivity contribution >= 4 is 0 Å². The van der Waals surface area contributed by atoms with Crippen LogP contribution in [-0.2, 0) is 6.54 Å². The number of benzene rings is 1. The largest absolute Gasteiger partial charge is 0.491 e. The zero-order valence-electron chi connectivity index (χ0n) is 15.6. The number of aliphatic hydroxyl groups excluding tert-OH is 2. The number of hydrogen-bond donors (Lipinski definition) is 2. The Hall–Kier alpha value is -1.14. The molecular formula is C20H34N2O3. The average molecular weight is 351 g/mol. The SMILES string of the molecule is CN(CCCO)Cc1cccc(OC[C@H](O)CN2CCCCCC2)c1. The molecule has 0 amide bonds. The van der Waals surface area contributed by atoms with Gasteiger partial charge in [0.1, 0.15) is 18.5 Å². The predicted octanol–water partition coefficient (Wildman–Crippen LogP) is 2.12. The highest BCUT2D eigenvalue weighted by atomic mass is 16.5. The van der Waals surface area contributed by atoms with Crippen molar-refractivity contribution in [2.45, 2.75) is 44.8 Å². The summed E-state index contributed by atoms with van der Waals surface area (Å²) in [4.78, 5) is 4.54. The smallest absolute Gasteiger partial charge is 0.119 e. The minimum absolute atomic E-state index is 0.225. The zero-order valence-corrected chi connectivity index (χ0v) is 15.6. The van der Waals surface area contributed by atoms with Crippen LogP contribution in [0.4, 0.5) is 0 Å². The lowest BCUT2D eigenvalue weighted by Gasteiger charge is -2.23. The summed E-state index contributed by atoms with van der Waals surface area (Å²) in [6.45, 7) is 5.13. The summed E-state index contributed by atoms with van der Waals surface area (Å²) < 4.78 is 5.81. The summed E-state index contributed by atoms with van der Waals surface area (Å²) in [6, 6.07) is 8.05. The van der Waals surface area contributed by atoms with Gasteiger partial charge in [-0.1, -0.05) is 25.0 Å². The molecule has 2 N–H and O–H groups in total. The number of β-amino-alcohol motifs (C(OH)–C–C–N with tert-alkyl or cyclic N) is 1. The molecule has 0 bridgehead atoms. The number of nitrogens with zero attached hydrogens (tertiary/aromatic N) is 2. The molecule has 5 heteroatoms. The third kappa shape index (κ3) is 8.19. The highest BCUT2D eigenvalue weighted by molar-refractivity contribution is 5.28. The number of ether oxygens (including phenoxy) is 1. The van der Waals surface area contributed by atoms with Gasteiger partial charge in [-0.3, -0.25) is 0 Å². The molecule has 1 fully saturated rings. The Bertz CT molecular complexity index is 476. The fourth-order valence-electron chi connectivity index (χ4n) is 3.33. The van der Waals surface area contributed by atoms with Crippen molar-refractivity contribution in [1.82, 2.24) is 9.80 Å². The molecule has 1 aromatic carbocycles. The third-order valence-electron chi connectivity index (χ3n) is 4.66. The van der Waals surface area contributed by atoms with Crippen molar-refractivity contribution < 1.29 is 14.9 Å². The van der Waals surface area contributed by atoms with E-state index in [2.05, 4.69) is 15.9 Å². The van der Waals surface area contributed by atoms with Crippen molar-refractivity contribution in [3.8, 4) is 5.75 Å². The highest BCUT2D eigenvalue weighted by Gasteiger charge is 2.14. The quantitative estimate of drug-likeness (QED) is 0.677. The Kier molecular flexibility index (Phi) is 9.26. The van der Waals surface area contributed by atoms with Crippen LogP contribution in [0.5, 0.6) is 5.75 Å². The number of likely N-dealkylation sites (tertiary alicyclic amines) is 1. The van der Waals surface area contributed by atoms with E-state index in [0.29, 0.717) is 13.2 Å². The Balaban J connectivity index is 1.75. The molecular weight excluding hydrogens is 316 g/mol. The molecule has 1 heterocycles. The van der Waals surface area contributed by atoms with Gasteiger partial charge in [0.25, 0.3) is 0 Å². The standard InChI is InChI=1S/C20H34N2O3/c1-21(10-7-13-23)15-18-8-6-9-20(14-18)25-17-19(24)16-22-11-4-2-3-5-12-22/h6,8-9,14,19,23-24H,2-5,7,10-13,15-17H2,1H3/t19-/m1/s1. The lowest BCUT2D eigenvalue weighted by Crippen LogP contribution is -2.36. The first-order chi connectivity index (χ1) is 12.2. The van der Waals surface area contributed by atoms with Crippen LogP contribution in [0.3, 0.4) is 0 Å². The van der Waals surface area contributed by atoms with E-state index >= 15 is 0 Å². The van der Waals surface area contributed by atoms with E-state index in [4.69, 9.17) is 9.84 Å². The molecule has 1 aromatic rings. The Morgan fingerprint density at radius 2 is 1.96 bits per heavy atom. The van der Waals surface area contributed by atoms with Crippen LogP contribution in [0, 0.1) is 0 Å². The Labute approximate surface area is 152 Å². The van der Waals surface area contributed by atoms with E-state index < -0.39 is 6.10 Å². The minimum atomic E-state index is -0.450. The van der Waals surface area contributed by atoms with E-state index in [1.54, 1.807) is 0 Å². The Morgan fingerprint density at radius 3 is 2.68 bits per heavy atom. The average Bonchev–Trinajstić information content (AvgIpc) is 2.87. The van der Waals surface area contributed by atoms with Crippen LogP contribution in [0.2, 0.25) is 0 Å². The van der Waals surface area contributed by atoms with Crippen LogP contribution in [0.1, 0.15) is 37.7 Å². The molecule has 0 unspecified atom stereocenters. The van der Waals surface area contributed by atoms with Crippen LogP contribution < -0.4 is 4.74 Å². The summed E-state index contributed by atoms with van der Waals surface area (Å²) in [5.41, 5.74) is 1.18. The fourth-order valence-corrected chi connectivity index (χ4v) is 3.33. The van der Waals surface area contributed by atoms with Gasteiger partial charge in [0.15, 0.2) is 0 Å². The van der Waals surface area contributed by atoms with Crippen molar-refractivity contribution in [3.63, 3.8) is 0 Å². The second-order valence-corrected chi connectivity index (χ2v) is 7.14. The summed E-state index contributed by atoms with van der Waals surface area (Å²) in [6.07, 6.45) is 5.42. The summed E-state index contributed by atoms with van der Waals surface area (Å²) in [5.74, 6) is 0.808. The molecule has 1 aliphatic heterocycles. The summed E-state index contributed by atoms with van der Waals surface area (Å²) in [5, 5.41) is 19.2. The molecule has 5 nitrogen and oxygen atoms in total. The molecule has 0 spiro atoms. The predicted molar refractivity (Wildman–Crippen MR) is 101 cm³/mol. The number of hydrogen-bond acceptors (Lipinski definition) is 5. The van der Waals surface area contributed by atoms with E-state index in [0.717, 1.165) is 38.3 Å². The van der Waals surface area contributed by atoms with Crippen molar-refractivity contribution in [3.05, 3.63) is 29.8 Å². The monoisotopic (exact) mass is 350 g/mol. The summed E-state index contributed by atoms with van der Waals surface area (Å²) >= 11 is 0. The molecule has 0 radical (unpaired) electrons. The van der Waals surface area contributed by atoms with Gasteiger partial charge in [0.05, 0.1) is 0 Å². The first-order valence-corrected chi connectivity index (χ1v) is 9.59. The van der Waals surface area contributed by atoms with Gasteiger partial charge in [0.2, 0.25) is 0 Å². The van der Waals surface area contributed by atoms with E-state index in [-0.39, 0.29) is 6.61 Å². The maximum absolute atomic E-state index is 10.3. The van der Waals surface area contributed by atoms with E-state index in [9.17, 15) is 5.11 Å². The highest BCUT2D eigenvalue weighted by Crippen LogP contribution is 2.16. The maximum Gasteiger partial charge on any atom is 0.119 e. The molecule has 0 aromatic heterocycles. The zero-order chi connectivity index (χ0) is 17.9. The molecule has 0 saturated carbocycles. The van der Waals surface area contributed by atoms with Gasteiger partial charge in [0, 0.05) is 26.2 Å². The normalized spacial score (nSPS) is 17.4. The second-order valence-electron chi connectivity index (χ2n) is 7.14. The summed E-state index contributed by atoms with van der Waals surface area (Å²) in [7, 11) is 2.05. The molecule has 1 aliphatic rings. The van der Waals surface area contributed by atoms with Crippen LogP contribution in [0.25, 0.3) is 0 Å². The molecule has 1 atom stereocenters. The fraction of sp³-hybridized carbons (Fsp3) is 0.700. The van der Waals surface area contributed by atoms with Gasteiger partial charge in [-0.05, 0) is 57.1 Å². The van der Waals surface area contributed by atoms with Gasteiger partial charge in [-0.2, -0.15) is 0 Å². The third-order valence-corrected chi connectivity index (χ3v) is 4.66. The molecule has 0 aliphatic carbocycles. The second kappa shape index (κ2) is 11.5.